The van der Waals surface area contributed by atoms with E-state index < -0.39 is 4.92 Å². The van der Waals surface area contributed by atoms with Gasteiger partial charge in [0.2, 0.25) is 0 Å². The summed E-state index contributed by atoms with van der Waals surface area (Å²) in [5, 5.41) is 14.8. The first-order valence-electron chi connectivity index (χ1n) is 6.31. The van der Waals surface area contributed by atoms with Crippen LogP contribution in [-0.4, -0.2) is 17.0 Å². The fraction of sp³-hybridized carbons (Fsp3) is 0.0667. The van der Waals surface area contributed by atoms with E-state index in [1.165, 1.54) is 24.4 Å². The molecule has 2 rings (SSSR count). The first-order valence-corrected chi connectivity index (χ1v) is 6.69. The molecule has 7 heteroatoms. The average Bonchev–Trinajstić information content (AvgIpc) is 2.48. The number of carbonyl (C=O) groups excluding carboxylic acids is 1. The lowest BCUT2D eigenvalue weighted by Crippen LogP contribution is -2.17. The number of non-ortho nitro benzene ring substituents is 1. The second-order valence-corrected chi connectivity index (χ2v) is 4.94. The number of nitrogens with one attached hydrogen (secondary N) is 1. The number of amides is 1. The first kappa shape index (κ1) is 15.7. The molecular formula is C15H12ClN3O3. The SMILES string of the molecule is Cc1cccc(C(=O)N/N=C/c2cc([N+](=O)[O-])ccc2Cl)c1. The van der Waals surface area contributed by atoms with Crippen LogP contribution in [0.15, 0.2) is 47.6 Å². The number of nitrogens with zero attached hydrogens (tertiary/aromatic N) is 2. The van der Waals surface area contributed by atoms with E-state index in [0.717, 1.165) is 5.56 Å². The fourth-order valence-corrected chi connectivity index (χ4v) is 1.92. The zero-order chi connectivity index (χ0) is 16.1. The number of hydrogen-bond donors (Lipinski definition) is 1. The smallest absolute Gasteiger partial charge is 0.267 e. The van der Waals surface area contributed by atoms with E-state index in [2.05, 4.69) is 10.5 Å². The van der Waals surface area contributed by atoms with Crippen LogP contribution in [0.3, 0.4) is 0 Å². The van der Waals surface area contributed by atoms with Gasteiger partial charge >= 0.3 is 0 Å². The Balaban J connectivity index is 2.11. The topological polar surface area (TPSA) is 84.6 Å². The molecule has 22 heavy (non-hydrogen) atoms. The maximum absolute atomic E-state index is 11.9. The van der Waals surface area contributed by atoms with Crippen molar-refractivity contribution >= 4 is 29.4 Å². The maximum atomic E-state index is 11.9. The summed E-state index contributed by atoms with van der Waals surface area (Å²) in [5.74, 6) is -0.374. The molecule has 0 atom stereocenters. The maximum Gasteiger partial charge on any atom is 0.271 e. The van der Waals surface area contributed by atoms with Crippen LogP contribution >= 0.6 is 11.6 Å². The van der Waals surface area contributed by atoms with Crippen molar-refractivity contribution in [3.8, 4) is 0 Å². The van der Waals surface area contributed by atoms with Gasteiger partial charge in [0.25, 0.3) is 11.6 Å². The third-order valence-corrected chi connectivity index (χ3v) is 3.18. The van der Waals surface area contributed by atoms with Crippen LogP contribution in [0.4, 0.5) is 5.69 Å². The van der Waals surface area contributed by atoms with Gasteiger partial charge in [-0.3, -0.25) is 14.9 Å². The van der Waals surface area contributed by atoms with E-state index in [0.29, 0.717) is 16.1 Å². The molecule has 0 spiro atoms. The summed E-state index contributed by atoms with van der Waals surface area (Å²) in [5.41, 5.74) is 4.03. The number of rotatable bonds is 4. The zero-order valence-corrected chi connectivity index (χ0v) is 12.4. The molecule has 0 heterocycles. The van der Waals surface area contributed by atoms with Gasteiger partial charge in [-0.1, -0.05) is 29.3 Å². The Morgan fingerprint density at radius 2 is 2.09 bits per heavy atom. The molecule has 2 aromatic carbocycles. The number of nitro benzene ring substituents is 1. The molecule has 0 aliphatic heterocycles. The highest BCUT2D eigenvalue weighted by Gasteiger charge is 2.08. The minimum atomic E-state index is -0.529. The van der Waals surface area contributed by atoms with E-state index in [4.69, 9.17) is 11.6 Å². The van der Waals surface area contributed by atoms with Crippen molar-refractivity contribution in [2.24, 2.45) is 5.10 Å². The summed E-state index contributed by atoms with van der Waals surface area (Å²) in [6.45, 7) is 1.88. The Hall–Kier alpha value is -2.73. The lowest BCUT2D eigenvalue weighted by Gasteiger charge is -2.01. The van der Waals surface area contributed by atoms with Crippen molar-refractivity contribution in [3.05, 3.63) is 74.3 Å². The Morgan fingerprint density at radius 1 is 1.32 bits per heavy atom. The largest absolute Gasteiger partial charge is 0.271 e. The molecule has 0 saturated heterocycles. The van der Waals surface area contributed by atoms with Gasteiger partial charge < -0.3 is 0 Å². The number of halogens is 1. The Labute approximate surface area is 131 Å². The molecule has 1 amide bonds. The number of aryl methyl sites for hydroxylation is 1. The molecule has 0 fully saturated rings. The van der Waals surface area contributed by atoms with Crippen LogP contribution in [0.25, 0.3) is 0 Å². The molecule has 0 unspecified atom stereocenters. The highest BCUT2D eigenvalue weighted by Crippen LogP contribution is 2.20. The third kappa shape index (κ3) is 3.89. The average molecular weight is 318 g/mol. The van der Waals surface area contributed by atoms with Crippen molar-refractivity contribution in [2.75, 3.05) is 0 Å². The molecule has 2 aromatic rings. The molecular weight excluding hydrogens is 306 g/mol. The van der Waals surface area contributed by atoms with Crippen molar-refractivity contribution < 1.29 is 9.72 Å². The Morgan fingerprint density at radius 3 is 2.77 bits per heavy atom. The Bertz CT molecular complexity index is 759. The Kier molecular flexibility index (Phi) is 4.85. The van der Waals surface area contributed by atoms with Crippen LogP contribution < -0.4 is 5.43 Å². The van der Waals surface area contributed by atoms with Crippen molar-refractivity contribution in [1.29, 1.82) is 0 Å². The fourth-order valence-electron chi connectivity index (χ4n) is 1.75. The normalized spacial score (nSPS) is 10.6. The van der Waals surface area contributed by atoms with Gasteiger partial charge in [0.1, 0.15) is 0 Å². The first-order chi connectivity index (χ1) is 10.5. The molecule has 0 aromatic heterocycles. The summed E-state index contributed by atoms with van der Waals surface area (Å²) in [4.78, 5) is 22.1. The van der Waals surface area contributed by atoms with Gasteiger partial charge in [0.15, 0.2) is 0 Å². The van der Waals surface area contributed by atoms with Gasteiger partial charge in [-0.2, -0.15) is 5.10 Å². The summed E-state index contributed by atoms with van der Waals surface area (Å²) in [6.07, 6.45) is 1.27. The third-order valence-electron chi connectivity index (χ3n) is 2.84. The minimum Gasteiger partial charge on any atom is -0.267 e. The van der Waals surface area contributed by atoms with E-state index in [1.807, 2.05) is 13.0 Å². The van der Waals surface area contributed by atoms with Crippen molar-refractivity contribution in [2.45, 2.75) is 6.92 Å². The lowest BCUT2D eigenvalue weighted by molar-refractivity contribution is -0.384. The lowest BCUT2D eigenvalue weighted by atomic mass is 10.1. The predicted octanol–water partition coefficient (Wildman–Crippen LogP) is 3.32. The van der Waals surface area contributed by atoms with E-state index in [9.17, 15) is 14.9 Å². The summed E-state index contributed by atoms with van der Waals surface area (Å²) < 4.78 is 0. The van der Waals surface area contributed by atoms with Gasteiger partial charge in [-0.15, -0.1) is 0 Å². The van der Waals surface area contributed by atoms with Crippen molar-refractivity contribution in [1.82, 2.24) is 5.43 Å². The van der Waals surface area contributed by atoms with Crippen LogP contribution in [0.1, 0.15) is 21.5 Å². The van der Waals surface area contributed by atoms with E-state index in [1.54, 1.807) is 18.2 Å². The quantitative estimate of drug-likeness (QED) is 0.533. The number of nitro groups is 1. The van der Waals surface area contributed by atoms with Crippen LogP contribution in [0.2, 0.25) is 5.02 Å². The van der Waals surface area contributed by atoms with E-state index in [-0.39, 0.29) is 11.6 Å². The van der Waals surface area contributed by atoms with Crippen molar-refractivity contribution in [3.63, 3.8) is 0 Å². The predicted molar refractivity (Wildman–Crippen MR) is 84.3 cm³/mol. The molecule has 1 N–H and O–H groups in total. The second kappa shape index (κ2) is 6.82. The summed E-state index contributed by atoms with van der Waals surface area (Å²) in [6, 6.07) is 11.0. The molecule has 0 radical (unpaired) electrons. The van der Waals surface area contributed by atoms with Gasteiger partial charge in [-0.25, -0.2) is 5.43 Å². The number of benzene rings is 2. The van der Waals surface area contributed by atoms with Crippen LogP contribution in [0, 0.1) is 17.0 Å². The highest BCUT2D eigenvalue weighted by atomic mass is 35.5. The number of carbonyl (C=O) groups is 1. The van der Waals surface area contributed by atoms with Gasteiger partial charge in [0.05, 0.1) is 11.1 Å². The zero-order valence-electron chi connectivity index (χ0n) is 11.6. The summed E-state index contributed by atoms with van der Waals surface area (Å²) in [7, 11) is 0. The number of hydrogen-bond acceptors (Lipinski definition) is 4. The minimum absolute atomic E-state index is 0.101. The standard InChI is InChI=1S/C15H12ClN3O3/c1-10-3-2-4-11(7-10)15(20)18-17-9-12-8-13(19(21)22)5-6-14(12)16/h2-9H,1H3,(H,18,20)/b17-9+. The van der Waals surface area contributed by atoms with Crippen LogP contribution in [0.5, 0.6) is 0 Å². The molecule has 0 aliphatic carbocycles. The monoisotopic (exact) mass is 317 g/mol. The molecule has 0 bridgehead atoms. The number of hydrazone groups is 1. The molecule has 0 aliphatic rings. The summed E-state index contributed by atoms with van der Waals surface area (Å²) >= 11 is 5.93. The highest BCUT2D eigenvalue weighted by molar-refractivity contribution is 6.33. The molecule has 6 nitrogen and oxygen atoms in total. The van der Waals surface area contributed by atoms with Crippen LogP contribution in [-0.2, 0) is 0 Å². The van der Waals surface area contributed by atoms with Gasteiger partial charge in [0, 0.05) is 28.3 Å². The van der Waals surface area contributed by atoms with E-state index >= 15 is 0 Å². The molecule has 0 saturated carbocycles. The molecule has 112 valence electrons. The second-order valence-electron chi connectivity index (χ2n) is 4.53. The van der Waals surface area contributed by atoms with Gasteiger partial charge in [-0.05, 0) is 25.1 Å².